The summed E-state index contributed by atoms with van der Waals surface area (Å²) in [6.07, 6.45) is 1.48. The number of carbonyl (C=O) groups is 2. The van der Waals surface area contributed by atoms with Crippen molar-refractivity contribution in [2.24, 2.45) is 0 Å². The fraction of sp³-hybridized carbons (Fsp3) is 0.364. The smallest absolute Gasteiger partial charge is 0.258 e. The van der Waals surface area contributed by atoms with Crippen LogP contribution in [0.25, 0.3) is 0 Å². The number of carbonyl (C=O) groups excluding carboxylic acids is 2. The monoisotopic (exact) mass is 396 g/mol. The van der Waals surface area contributed by atoms with Crippen LogP contribution >= 0.6 is 0 Å². The fourth-order valence-corrected chi connectivity index (χ4v) is 3.53. The third-order valence-electron chi connectivity index (χ3n) is 5.14. The van der Waals surface area contributed by atoms with Gasteiger partial charge in [-0.05, 0) is 62.2 Å². The minimum absolute atomic E-state index is 0.101. The fourth-order valence-electron chi connectivity index (χ4n) is 3.53. The van der Waals surface area contributed by atoms with Crippen LogP contribution < -0.4 is 24.4 Å². The van der Waals surface area contributed by atoms with Gasteiger partial charge in [0.1, 0.15) is 5.75 Å². The van der Waals surface area contributed by atoms with Crippen molar-refractivity contribution in [2.75, 3.05) is 24.8 Å². The summed E-state index contributed by atoms with van der Waals surface area (Å²) in [5.74, 6) is 1.88. The lowest BCUT2D eigenvalue weighted by atomic mass is 9.94. The highest BCUT2D eigenvalue weighted by atomic mass is 16.7. The zero-order valence-corrected chi connectivity index (χ0v) is 16.6. The van der Waals surface area contributed by atoms with Crippen LogP contribution in [0.2, 0.25) is 0 Å². The summed E-state index contributed by atoms with van der Waals surface area (Å²) in [5, 5.41) is 2.98. The number of nitrogens with one attached hydrogen (secondary N) is 1. The van der Waals surface area contributed by atoms with Crippen molar-refractivity contribution < 1.29 is 23.8 Å². The summed E-state index contributed by atoms with van der Waals surface area (Å²) in [6.45, 7) is 4.70. The van der Waals surface area contributed by atoms with Gasteiger partial charge in [-0.2, -0.15) is 0 Å². The Bertz CT molecular complexity index is 923. The molecular weight excluding hydrogens is 372 g/mol. The van der Waals surface area contributed by atoms with Gasteiger partial charge in [0.25, 0.3) is 5.91 Å². The lowest BCUT2D eigenvalue weighted by Gasteiger charge is -2.27. The maximum Gasteiger partial charge on any atom is 0.258 e. The van der Waals surface area contributed by atoms with Gasteiger partial charge in [-0.15, -0.1) is 0 Å². The number of fused-ring (bicyclic) bond motifs is 1. The van der Waals surface area contributed by atoms with E-state index in [0.717, 1.165) is 24.2 Å². The van der Waals surface area contributed by atoms with Gasteiger partial charge in [-0.25, -0.2) is 0 Å². The van der Waals surface area contributed by atoms with Crippen LogP contribution in [0.5, 0.6) is 17.2 Å². The first-order valence-corrected chi connectivity index (χ1v) is 9.67. The molecule has 29 heavy (non-hydrogen) atoms. The van der Waals surface area contributed by atoms with E-state index in [9.17, 15) is 9.59 Å². The first-order chi connectivity index (χ1) is 13.9. The molecular formula is C22H24N2O5. The summed E-state index contributed by atoms with van der Waals surface area (Å²) in [6, 6.07) is 12.9. The minimum atomic E-state index is -0.596. The highest BCUT2D eigenvalue weighted by molar-refractivity contribution is 5.95. The van der Waals surface area contributed by atoms with E-state index in [4.69, 9.17) is 14.2 Å². The summed E-state index contributed by atoms with van der Waals surface area (Å²) in [7, 11) is 0. The van der Waals surface area contributed by atoms with Gasteiger partial charge in [-0.1, -0.05) is 6.07 Å². The van der Waals surface area contributed by atoms with Crippen molar-refractivity contribution in [3.63, 3.8) is 0 Å². The van der Waals surface area contributed by atoms with E-state index in [-0.39, 0.29) is 25.2 Å². The molecule has 1 N–H and O–H groups in total. The minimum Gasteiger partial charge on any atom is -0.484 e. The molecule has 2 aliphatic heterocycles. The molecule has 0 atom stereocenters. The van der Waals surface area contributed by atoms with E-state index < -0.39 is 5.54 Å². The van der Waals surface area contributed by atoms with Crippen LogP contribution in [0.1, 0.15) is 32.3 Å². The molecule has 0 unspecified atom stereocenters. The van der Waals surface area contributed by atoms with Gasteiger partial charge < -0.3 is 24.4 Å². The number of rotatable bonds is 6. The summed E-state index contributed by atoms with van der Waals surface area (Å²) in [4.78, 5) is 26.0. The molecule has 2 aliphatic rings. The van der Waals surface area contributed by atoms with Crippen LogP contribution in [0.15, 0.2) is 42.5 Å². The maximum atomic E-state index is 12.4. The Hall–Kier alpha value is -3.22. The first kappa shape index (κ1) is 19.1. The van der Waals surface area contributed by atoms with Crippen molar-refractivity contribution in [1.82, 2.24) is 5.32 Å². The van der Waals surface area contributed by atoms with Crippen molar-refractivity contribution in [2.45, 2.75) is 32.2 Å². The van der Waals surface area contributed by atoms with Crippen LogP contribution in [0.3, 0.4) is 0 Å². The molecule has 4 rings (SSSR count). The van der Waals surface area contributed by atoms with Gasteiger partial charge >= 0.3 is 0 Å². The van der Waals surface area contributed by atoms with E-state index in [2.05, 4.69) is 5.32 Å². The number of nitrogens with zero attached hydrogens (tertiary/aromatic N) is 1. The predicted molar refractivity (Wildman–Crippen MR) is 107 cm³/mol. The lowest BCUT2D eigenvalue weighted by Crippen LogP contribution is -2.43. The van der Waals surface area contributed by atoms with Crippen LogP contribution in [-0.2, 0) is 15.1 Å². The first-order valence-electron chi connectivity index (χ1n) is 9.67. The zero-order valence-electron chi connectivity index (χ0n) is 16.6. The second-order valence-electron chi connectivity index (χ2n) is 7.67. The average Bonchev–Trinajstić information content (AvgIpc) is 3.34. The van der Waals surface area contributed by atoms with E-state index in [1.54, 1.807) is 17.0 Å². The van der Waals surface area contributed by atoms with Gasteiger partial charge in [-0.3, -0.25) is 9.59 Å². The maximum absolute atomic E-state index is 12.4. The molecule has 2 amide bonds. The number of hydrogen-bond acceptors (Lipinski definition) is 5. The Morgan fingerprint density at radius 3 is 2.62 bits per heavy atom. The quantitative estimate of drug-likeness (QED) is 0.812. The highest BCUT2D eigenvalue weighted by Gasteiger charge is 2.26. The highest BCUT2D eigenvalue weighted by Crippen LogP contribution is 2.35. The molecule has 2 aromatic carbocycles. The van der Waals surface area contributed by atoms with Crippen LogP contribution in [0, 0.1) is 0 Å². The van der Waals surface area contributed by atoms with Crippen molar-refractivity contribution in [3.8, 4) is 17.2 Å². The van der Waals surface area contributed by atoms with Crippen molar-refractivity contribution >= 4 is 17.5 Å². The van der Waals surface area contributed by atoms with Crippen LogP contribution in [-0.4, -0.2) is 31.8 Å². The third-order valence-corrected chi connectivity index (χ3v) is 5.14. The largest absolute Gasteiger partial charge is 0.484 e. The van der Waals surface area contributed by atoms with Crippen molar-refractivity contribution in [1.29, 1.82) is 0 Å². The van der Waals surface area contributed by atoms with Crippen LogP contribution in [0.4, 0.5) is 5.69 Å². The second kappa shape index (κ2) is 7.66. The third kappa shape index (κ3) is 4.13. The Balaban J connectivity index is 1.33. The van der Waals surface area contributed by atoms with Gasteiger partial charge in [0.2, 0.25) is 12.7 Å². The molecule has 0 aromatic heterocycles. The number of ether oxygens (including phenoxy) is 3. The molecule has 7 heteroatoms. The lowest BCUT2D eigenvalue weighted by molar-refractivity contribution is -0.124. The summed E-state index contributed by atoms with van der Waals surface area (Å²) >= 11 is 0. The molecule has 152 valence electrons. The second-order valence-corrected chi connectivity index (χ2v) is 7.67. The number of benzene rings is 2. The molecule has 1 saturated heterocycles. The molecule has 0 radical (unpaired) electrons. The number of amides is 2. The Kier molecular flexibility index (Phi) is 5.05. The molecule has 2 aromatic rings. The zero-order chi connectivity index (χ0) is 20.4. The topological polar surface area (TPSA) is 77.1 Å². The molecule has 2 heterocycles. The van der Waals surface area contributed by atoms with E-state index in [1.807, 2.05) is 44.2 Å². The van der Waals surface area contributed by atoms with Gasteiger partial charge in [0, 0.05) is 18.7 Å². The molecule has 1 fully saturated rings. The molecule has 0 spiro atoms. The van der Waals surface area contributed by atoms with E-state index >= 15 is 0 Å². The van der Waals surface area contributed by atoms with E-state index in [1.165, 1.54) is 0 Å². The Labute approximate surface area is 169 Å². The summed E-state index contributed by atoms with van der Waals surface area (Å²) in [5.41, 5.74) is 1.17. The normalized spacial score (nSPS) is 15.5. The van der Waals surface area contributed by atoms with E-state index in [0.29, 0.717) is 23.7 Å². The average molecular weight is 396 g/mol. The summed E-state index contributed by atoms with van der Waals surface area (Å²) < 4.78 is 16.4. The number of anilines is 1. The van der Waals surface area contributed by atoms with Gasteiger partial charge in [0.05, 0.1) is 5.54 Å². The SMILES string of the molecule is CC(C)(NC(=O)COc1ccc(N2CCCC2=O)cc1)c1ccc2c(c1)OCO2. The Morgan fingerprint density at radius 1 is 1.14 bits per heavy atom. The molecule has 0 saturated carbocycles. The van der Waals surface area contributed by atoms with Crippen molar-refractivity contribution in [3.05, 3.63) is 48.0 Å². The standard InChI is InChI=1S/C22H24N2O5/c1-22(2,15-5-10-18-19(12-15)29-14-28-18)23-20(25)13-27-17-8-6-16(7-9-17)24-11-3-4-21(24)26/h5-10,12H,3-4,11,13-14H2,1-2H3,(H,23,25). The predicted octanol–water partition coefficient (Wildman–Crippen LogP) is 2.97. The molecule has 0 bridgehead atoms. The molecule has 0 aliphatic carbocycles. The molecule has 7 nitrogen and oxygen atoms in total. The number of hydrogen-bond donors (Lipinski definition) is 1. The van der Waals surface area contributed by atoms with Gasteiger partial charge in [0.15, 0.2) is 18.1 Å². The Morgan fingerprint density at radius 2 is 1.90 bits per heavy atom.